The molecule has 0 aromatic carbocycles. The monoisotopic (exact) mass is 203 g/mol. The third kappa shape index (κ3) is 24.8. The van der Waals surface area contributed by atoms with Crippen molar-refractivity contribution in [3.05, 3.63) is 0 Å². The van der Waals surface area contributed by atoms with Crippen molar-refractivity contribution in [3.8, 4) is 6.07 Å². The molecule has 4 nitrogen and oxygen atoms in total. The second-order valence-electron chi connectivity index (χ2n) is 1.99. The Labute approximate surface area is 82.3 Å². The molecule has 0 atom stereocenters. The fourth-order valence-electron chi connectivity index (χ4n) is 0.350. The van der Waals surface area contributed by atoms with E-state index in [1.807, 2.05) is 12.3 Å². The minimum absolute atomic E-state index is 0.562. The molecular weight excluding hydrogens is 190 g/mol. The molecule has 0 bridgehead atoms. The maximum absolute atomic E-state index is 9.81. The number of carbonyl (C=O) groups excluding carboxylic acids is 2. The van der Waals surface area contributed by atoms with Gasteiger partial charge in [-0.25, -0.2) is 0 Å². The van der Waals surface area contributed by atoms with Gasteiger partial charge in [0.05, 0.1) is 6.07 Å². The fraction of sp³-hybridized carbons (Fsp3) is 0.625. The van der Waals surface area contributed by atoms with Gasteiger partial charge in [-0.05, 0) is 6.26 Å². The topological polar surface area (TPSA) is 67.2 Å². The van der Waals surface area contributed by atoms with E-state index in [1.54, 1.807) is 11.8 Å². The number of nitriles is 1. The molecule has 0 aliphatic rings. The van der Waals surface area contributed by atoms with Crippen molar-refractivity contribution in [2.45, 2.75) is 20.3 Å². The number of carbonyl (C=O) groups is 2. The first-order valence-electron chi connectivity index (χ1n) is 3.59. The predicted octanol–water partition coefficient (Wildman–Crippen LogP) is 1.36. The van der Waals surface area contributed by atoms with Crippen LogP contribution in [0, 0.1) is 11.3 Å². The zero-order valence-electron chi connectivity index (χ0n) is 7.99. The van der Waals surface area contributed by atoms with Gasteiger partial charge in [0, 0.05) is 26.0 Å². The van der Waals surface area contributed by atoms with Gasteiger partial charge >= 0.3 is 11.9 Å². The van der Waals surface area contributed by atoms with Crippen LogP contribution in [0.4, 0.5) is 0 Å². The maximum atomic E-state index is 9.81. The first-order valence-corrected chi connectivity index (χ1v) is 4.98. The van der Waals surface area contributed by atoms with E-state index in [0.29, 0.717) is 6.42 Å². The summed E-state index contributed by atoms with van der Waals surface area (Å²) in [5.74, 6) is -0.156. The summed E-state index contributed by atoms with van der Waals surface area (Å²) in [4.78, 5) is 19.6. The summed E-state index contributed by atoms with van der Waals surface area (Å²) < 4.78 is 3.97. The van der Waals surface area contributed by atoms with Crippen molar-refractivity contribution in [2.24, 2.45) is 0 Å². The summed E-state index contributed by atoms with van der Waals surface area (Å²) in [6, 6.07) is 2.05. The van der Waals surface area contributed by atoms with Crippen molar-refractivity contribution in [2.75, 3.05) is 12.0 Å². The zero-order valence-corrected chi connectivity index (χ0v) is 8.81. The first-order chi connectivity index (χ1) is 6.04. The van der Waals surface area contributed by atoms with E-state index < -0.39 is 11.9 Å². The van der Waals surface area contributed by atoms with Crippen molar-refractivity contribution < 1.29 is 14.3 Å². The van der Waals surface area contributed by atoms with Gasteiger partial charge < -0.3 is 4.74 Å². The Kier molecular flexibility index (Phi) is 12.2. The Hall–Kier alpha value is -1.02. The Morgan fingerprint density at radius 3 is 1.92 bits per heavy atom. The second-order valence-corrected chi connectivity index (χ2v) is 2.97. The molecule has 74 valence electrons. The number of ether oxygens (including phenoxy) is 1. The molecule has 0 fully saturated rings. The van der Waals surface area contributed by atoms with Gasteiger partial charge in [-0.1, -0.05) is 0 Å². The van der Waals surface area contributed by atoms with Crippen LogP contribution in [0.15, 0.2) is 0 Å². The summed E-state index contributed by atoms with van der Waals surface area (Å²) >= 11 is 1.70. The smallest absolute Gasteiger partial charge is 0.310 e. The first kappa shape index (κ1) is 14.5. The lowest BCUT2D eigenvalue weighted by atomic mass is 10.6. The van der Waals surface area contributed by atoms with Gasteiger partial charge in [0.25, 0.3) is 0 Å². The van der Waals surface area contributed by atoms with E-state index in [1.165, 1.54) is 13.8 Å². The number of nitrogens with zero attached hydrogens (tertiary/aromatic N) is 1. The lowest BCUT2D eigenvalue weighted by molar-refractivity contribution is -0.156. The highest BCUT2D eigenvalue weighted by atomic mass is 32.2. The van der Waals surface area contributed by atoms with E-state index in [9.17, 15) is 9.59 Å². The standard InChI is InChI=1S/C4H7NS.C4H6O3/c1-6-4-2-3-5;1-3(5)7-4(2)6/h2,4H2,1H3;1-2H3. The largest absolute Gasteiger partial charge is 0.394 e. The van der Waals surface area contributed by atoms with Crippen LogP contribution >= 0.6 is 11.8 Å². The summed E-state index contributed by atoms with van der Waals surface area (Å²) in [7, 11) is 0. The normalized spacial score (nSPS) is 7.54. The molecule has 13 heavy (non-hydrogen) atoms. The minimum Gasteiger partial charge on any atom is -0.394 e. The summed E-state index contributed by atoms with van der Waals surface area (Å²) in [5.41, 5.74) is 0. The molecule has 0 aromatic rings. The van der Waals surface area contributed by atoms with Crippen LogP contribution in [0.1, 0.15) is 20.3 Å². The van der Waals surface area contributed by atoms with Gasteiger partial charge in [-0.2, -0.15) is 17.0 Å². The fourth-order valence-corrected chi connectivity index (χ4v) is 0.646. The average Bonchev–Trinajstić information content (AvgIpc) is 1.99. The van der Waals surface area contributed by atoms with Gasteiger partial charge in [0.2, 0.25) is 0 Å². The van der Waals surface area contributed by atoms with Gasteiger partial charge in [0.15, 0.2) is 0 Å². The molecule has 0 rings (SSSR count). The number of hydrogen-bond acceptors (Lipinski definition) is 5. The van der Waals surface area contributed by atoms with Crippen molar-refractivity contribution in [1.29, 1.82) is 5.26 Å². The number of hydrogen-bond donors (Lipinski definition) is 0. The molecule has 0 saturated carbocycles. The van der Waals surface area contributed by atoms with Crippen molar-refractivity contribution >= 4 is 23.7 Å². The summed E-state index contributed by atoms with van der Waals surface area (Å²) in [6.45, 7) is 2.36. The predicted molar refractivity (Wildman–Crippen MR) is 51.1 cm³/mol. The van der Waals surface area contributed by atoms with Crippen molar-refractivity contribution in [3.63, 3.8) is 0 Å². The molecule has 0 spiro atoms. The SMILES string of the molecule is CC(=O)OC(C)=O.CSCCC#N. The lowest BCUT2D eigenvalue weighted by Gasteiger charge is -1.87. The second kappa shape index (κ2) is 11.0. The van der Waals surface area contributed by atoms with Gasteiger partial charge in [-0.3, -0.25) is 9.59 Å². The molecule has 0 radical (unpaired) electrons. The Morgan fingerprint density at radius 1 is 1.38 bits per heavy atom. The molecule has 0 N–H and O–H groups in total. The highest BCUT2D eigenvalue weighted by Crippen LogP contribution is 1.91. The molecule has 0 heterocycles. The summed E-state index contributed by atoms with van der Waals surface area (Å²) in [5, 5.41) is 7.93. The van der Waals surface area contributed by atoms with E-state index in [-0.39, 0.29) is 0 Å². The van der Waals surface area contributed by atoms with Crippen LogP contribution in [0.2, 0.25) is 0 Å². The van der Waals surface area contributed by atoms with Crippen molar-refractivity contribution in [1.82, 2.24) is 0 Å². The van der Waals surface area contributed by atoms with Crippen LogP contribution in [0.25, 0.3) is 0 Å². The Bertz CT molecular complexity index is 186. The number of esters is 2. The van der Waals surface area contributed by atoms with Gasteiger partial charge in [-0.15, -0.1) is 0 Å². The van der Waals surface area contributed by atoms with E-state index in [4.69, 9.17) is 5.26 Å². The van der Waals surface area contributed by atoms with E-state index in [0.717, 1.165) is 5.75 Å². The van der Waals surface area contributed by atoms with E-state index >= 15 is 0 Å². The Morgan fingerprint density at radius 2 is 1.85 bits per heavy atom. The molecule has 0 aliphatic carbocycles. The minimum atomic E-state index is -0.562. The van der Waals surface area contributed by atoms with Crippen LogP contribution < -0.4 is 0 Å². The quantitative estimate of drug-likeness (QED) is 0.385. The third-order valence-corrected chi connectivity index (χ3v) is 1.32. The maximum Gasteiger partial charge on any atom is 0.310 e. The third-order valence-electron chi connectivity index (χ3n) is 0.705. The molecule has 0 amide bonds. The van der Waals surface area contributed by atoms with Gasteiger partial charge in [0.1, 0.15) is 0 Å². The highest BCUT2D eigenvalue weighted by molar-refractivity contribution is 7.98. The molecular formula is C8H13NO3S. The lowest BCUT2D eigenvalue weighted by Crippen LogP contribution is -2.03. The number of rotatable bonds is 2. The van der Waals surface area contributed by atoms with Crippen LogP contribution in [0.3, 0.4) is 0 Å². The molecule has 0 saturated heterocycles. The number of thioether (sulfide) groups is 1. The average molecular weight is 203 g/mol. The Balaban J connectivity index is 0. The molecule has 0 aliphatic heterocycles. The highest BCUT2D eigenvalue weighted by Gasteiger charge is 1.93. The van der Waals surface area contributed by atoms with Crippen LogP contribution in [-0.2, 0) is 14.3 Å². The van der Waals surface area contributed by atoms with Crippen LogP contribution in [0.5, 0.6) is 0 Å². The summed E-state index contributed by atoms with van der Waals surface area (Å²) in [6.07, 6.45) is 2.68. The zero-order chi connectivity index (χ0) is 10.7. The molecule has 0 unspecified atom stereocenters. The molecule has 5 heteroatoms. The molecule has 0 aromatic heterocycles. The van der Waals surface area contributed by atoms with Crippen LogP contribution in [-0.4, -0.2) is 23.9 Å². The van der Waals surface area contributed by atoms with E-state index in [2.05, 4.69) is 4.74 Å².